The molecule has 0 fully saturated rings. The first kappa shape index (κ1) is 14.8. The lowest BCUT2D eigenvalue weighted by atomic mass is 10.1. The van der Waals surface area contributed by atoms with Gasteiger partial charge in [-0.15, -0.1) is 0 Å². The summed E-state index contributed by atoms with van der Waals surface area (Å²) in [5, 5.41) is 8.03. The molecule has 2 heterocycles. The van der Waals surface area contributed by atoms with Gasteiger partial charge in [-0.2, -0.15) is 5.10 Å². The number of amidine groups is 1. The van der Waals surface area contributed by atoms with Crippen LogP contribution in [0.25, 0.3) is 0 Å². The first-order chi connectivity index (χ1) is 10.6. The zero-order chi connectivity index (χ0) is 15.5. The van der Waals surface area contributed by atoms with Crippen LogP contribution in [0.4, 0.5) is 0 Å². The van der Waals surface area contributed by atoms with E-state index in [9.17, 15) is 4.79 Å². The van der Waals surface area contributed by atoms with Crippen LogP contribution in [-0.2, 0) is 6.54 Å². The van der Waals surface area contributed by atoms with Crippen molar-refractivity contribution >= 4 is 22.8 Å². The van der Waals surface area contributed by atoms with Crippen LogP contribution in [0.15, 0.2) is 35.3 Å². The Balaban J connectivity index is 1.74. The molecule has 0 saturated carbocycles. The number of benzene rings is 1. The fourth-order valence-electron chi connectivity index (χ4n) is 2.40. The zero-order valence-electron chi connectivity index (χ0n) is 12.7. The second-order valence-electron chi connectivity index (χ2n) is 5.27. The topological polar surface area (TPSA) is 59.3 Å². The Hall–Kier alpha value is -2.08. The van der Waals surface area contributed by atoms with Gasteiger partial charge in [0, 0.05) is 17.0 Å². The number of amides is 1. The van der Waals surface area contributed by atoms with E-state index in [1.807, 2.05) is 48.9 Å². The summed E-state index contributed by atoms with van der Waals surface area (Å²) in [6.45, 7) is 5.45. The predicted octanol–water partition coefficient (Wildman–Crippen LogP) is 2.38. The van der Waals surface area contributed by atoms with Crippen molar-refractivity contribution < 1.29 is 4.79 Å². The summed E-state index contributed by atoms with van der Waals surface area (Å²) >= 11 is 1.58. The largest absolute Gasteiger partial charge is 0.301 e. The molecule has 1 aliphatic rings. The molecule has 1 N–H and O–H groups in total. The van der Waals surface area contributed by atoms with Crippen LogP contribution < -0.4 is 5.32 Å². The highest BCUT2D eigenvalue weighted by Crippen LogP contribution is 2.12. The number of hydrogen-bond acceptors (Lipinski definition) is 4. The van der Waals surface area contributed by atoms with Crippen molar-refractivity contribution in [3.05, 3.63) is 52.8 Å². The molecule has 22 heavy (non-hydrogen) atoms. The first-order valence-corrected chi connectivity index (χ1v) is 8.19. The molecule has 0 spiro atoms. The van der Waals surface area contributed by atoms with Crippen molar-refractivity contribution in [2.45, 2.75) is 20.4 Å². The van der Waals surface area contributed by atoms with Gasteiger partial charge in [0.15, 0.2) is 5.17 Å². The Bertz CT molecular complexity index is 735. The Labute approximate surface area is 133 Å². The third-order valence-corrected chi connectivity index (χ3v) is 4.32. The summed E-state index contributed by atoms with van der Waals surface area (Å²) in [7, 11) is 0. The molecular weight excluding hydrogens is 296 g/mol. The maximum absolute atomic E-state index is 12.2. The molecule has 0 atom stereocenters. The lowest BCUT2D eigenvalue weighted by molar-refractivity contribution is 0.0978. The van der Waals surface area contributed by atoms with E-state index in [4.69, 9.17) is 0 Å². The summed E-state index contributed by atoms with van der Waals surface area (Å²) in [6.07, 6.45) is 0. The summed E-state index contributed by atoms with van der Waals surface area (Å²) in [6, 6.07) is 9.69. The molecule has 114 valence electrons. The standard InChI is InChI=1S/C16H18N4OS/c1-11-8-12(2)20(19-11)10-13-4-3-5-14(9-13)15(21)18-16-17-6-7-22-16/h3-5,8-9H,6-7,10H2,1-2H3,(H,17,18,21). The van der Waals surface area contributed by atoms with Crippen LogP contribution in [0.3, 0.4) is 0 Å². The number of hydrogen-bond donors (Lipinski definition) is 1. The van der Waals surface area contributed by atoms with Crippen LogP contribution in [0.5, 0.6) is 0 Å². The van der Waals surface area contributed by atoms with E-state index in [2.05, 4.69) is 15.4 Å². The molecule has 0 saturated heterocycles. The average molecular weight is 314 g/mol. The number of aromatic nitrogens is 2. The van der Waals surface area contributed by atoms with Gasteiger partial charge in [0.2, 0.25) is 0 Å². The van der Waals surface area contributed by atoms with Gasteiger partial charge in [-0.3, -0.25) is 14.5 Å². The molecule has 0 radical (unpaired) electrons. The lowest BCUT2D eigenvalue weighted by Crippen LogP contribution is -2.27. The molecular formula is C16H18N4OS. The highest BCUT2D eigenvalue weighted by atomic mass is 32.2. The zero-order valence-corrected chi connectivity index (χ0v) is 13.5. The third-order valence-electron chi connectivity index (χ3n) is 3.43. The average Bonchev–Trinajstić information content (AvgIpc) is 3.09. The monoisotopic (exact) mass is 314 g/mol. The maximum atomic E-state index is 12.2. The van der Waals surface area contributed by atoms with Crippen molar-refractivity contribution in [1.29, 1.82) is 0 Å². The van der Waals surface area contributed by atoms with Gasteiger partial charge in [0.1, 0.15) is 0 Å². The van der Waals surface area contributed by atoms with Gasteiger partial charge in [0.25, 0.3) is 5.91 Å². The molecule has 0 unspecified atom stereocenters. The minimum atomic E-state index is -0.108. The smallest absolute Gasteiger partial charge is 0.257 e. The molecule has 0 bridgehead atoms. The van der Waals surface area contributed by atoms with E-state index >= 15 is 0 Å². The molecule has 1 amide bonds. The molecule has 1 aromatic heterocycles. The second-order valence-corrected chi connectivity index (χ2v) is 6.36. The SMILES string of the molecule is Cc1cc(C)n(Cc2cccc(C(=O)NC3=NCCS3)c2)n1. The molecule has 3 rings (SSSR count). The minimum absolute atomic E-state index is 0.108. The number of thioether (sulfide) groups is 1. The van der Waals surface area contributed by atoms with Gasteiger partial charge in [0.05, 0.1) is 18.8 Å². The summed E-state index contributed by atoms with van der Waals surface area (Å²) in [4.78, 5) is 16.5. The van der Waals surface area contributed by atoms with Crippen molar-refractivity contribution in [2.24, 2.45) is 4.99 Å². The van der Waals surface area contributed by atoms with Crippen LogP contribution in [0, 0.1) is 13.8 Å². The second kappa shape index (κ2) is 6.36. The molecule has 2 aromatic rings. The van der Waals surface area contributed by atoms with Gasteiger partial charge < -0.3 is 5.32 Å². The number of aryl methyl sites for hydroxylation is 2. The van der Waals surface area contributed by atoms with Crippen molar-refractivity contribution in [2.75, 3.05) is 12.3 Å². The Morgan fingerprint density at radius 3 is 2.91 bits per heavy atom. The normalized spacial score (nSPS) is 14.0. The quantitative estimate of drug-likeness (QED) is 0.946. The van der Waals surface area contributed by atoms with Crippen LogP contribution in [-0.4, -0.2) is 33.2 Å². The van der Waals surface area contributed by atoms with Gasteiger partial charge >= 0.3 is 0 Å². The fraction of sp³-hybridized carbons (Fsp3) is 0.312. The van der Waals surface area contributed by atoms with Crippen LogP contribution >= 0.6 is 11.8 Å². The van der Waals surface area contributed by atoms with E-state index in [0.717, 1.165) is 29.2 Å². The van der Waals surface area contributed by atoms with Crippen molar-refractivity contribution in [1.82, 2.24) is 15.1 Å². The lowest BCUT2D eigenvalue weighted by Gasteiger charge is -2.08. The number of nitrogens with zero attached hydrogens (tertiary/aromatic N) is 3. The van der Waals surface area contributed by atoms with Gasteiger partial charge in [-0.1, -0.05) is 23.9 Å². The Morgan fingerprint density at radius 2 is 2.23 bits per heavy atom. The Morgan fingerprint density at radius 1 is 1.36 bits per heavy atom. The van der Waals surface area contributed by atoms with Crippen molar-refractivity contribution in [3.8, 4) is 0 Å². The fourth-order valence-corrected chi connectivity index (χ4v) is 3.12. The number of nitrogens with one attached hydrogen (secondary N) is 1. The number of rotatable bonds is 3. The predicted molar refractivity (Wildman–Crippen MR) is 89.5 cm³/mol. The van der Waals surface area contributed by atoms with E-state index in [0.29, 0.717) is 17.3 Å². The highest BCUT2D eigenvalue weighted by Gasteiger charge is 2.13. The first-order valence-electron chi connectivity index (χ1n) is 7.20. The number of carbonyl (C=O) groups is 1. The maximum Gasteiger partial charge on any atom is 0.257 e. The van der Waals surface area contributed by atoms with Gasteiger partial charge in [-0.05, 0) is 37.6 Å². The highest BCUT2D eigenvalue weighted by molar-refractivity contribution is 8.14. The molecule has 1 aliphatic heterocycles. The summed E-state index contributed by atoms with van der Waals surface area (Å²) in [5.41, 5.74) is 3.82. The van der Waals surface area contributed by atoms with E-state index < -0.39 is 0 Å². The van der Waals surface area contributed by atoms with Crippen LogP contribution in [0.2, 0.25) is 0 Å². The third kappa shape index (κ3) is 3.39. The molecule has 0 aliphatic carbocycles. The summed E-state index contributed by atoms with van der Waals surface area (Å²) in [5.74, 6) is 0.830. The Kier molecular flexibility index (Phi) is 4.29. The minimum Gasteiger partial charge on any atom is -0.301 e. The summed E-state index contributed by atoms with van der Waals surface area (Å²) < 4.78 is 1.95. The van der Waals surface area contributed by atoms with E-state index in [-0.39, 0.29) is 5.91 Å². The molecule has 5 nitrogen and oxygen atoms in total. The van der Waals surface area contributed by atoms with E-state index in [1.165, 1.54) is 0 Å². The molecule has 1 aromatic carbocycles. The molecule has 6 heteroatoms. The van der Waals surface area contributed by atoms with E-state index in [1.54, 1.807) is 11.8 Å². The van der Waals surface area contributed by atoms with Gasteiger partial charge in [-0.25, -0.2) is 0 Å². The van der Waals surface area contributed by atoms with Crippen molar-refractivity contribution in [3.63, 3.8) is 0 Å². The number of carbonyl (C=O) groups excluding carboxylic acids is 1. The van der Waals surface area contributed by atoms with Crippen LogP contribution in [0.1, 0.15) is 27.3 Å². The number of aliphatic imine (C=N–C) groups is 1.